The van der Waals surface area contributed by atoms with Gasteiger partial charge in [0.2, 0.25) is 0 Å². The van der Waals surface area contributed by atoms with Crippen molar-refractivity contribution in [2.45, 2.75) is 18.0 Å². The zero-order valence-electron chi connectivity index (χ0n) is 14.0. The van der Waals surface area contributed by atoms with Crippen molar-refractivity contribution >= 4 is 21.4 Å². The number of para-hydroxylation sites is 1. The summed E-state index contributed by atoms with van der Waals surface area (Å²) in [4.78, 5) is 5.93. The number of anilines is 1. The van der Waals surface area contributed by atoms with Crippen LogP contribution in [0.15, 0.2) is 53.5 Å². The highest BCUT2D eigenvalue weighted by Gasteiger charge is 2.66. The van der Waals surface area contributed by atoms with Crippen molar-refractivity contribution in [3.63, 3.8) is 0 Å². The number of benzene rings is 1. The average Bonchev–Trinajstić information content (AvgIpc) is 2.97. The van der Waals surface area contributed by atoms with Gasteiger partial charge >= 0.3 is 6.18 Å². The van der Waals surface area contributed by atoms with E-state index < -0.39 is 27.4 Å². The Labute approximate surface area is 149 Å². The van der Waals surface area contributed by atoms with Crippen molar-refractivity contribution < 1.29 is 21.6 Å². The molecule has 0 radical (unpaired) electrons. The second-order valence-corrected chi connectivity index (χ2v) is 8.30. The Balaban J connectivity index is 2.26. The van der Waals surface area contributed by atoms with E-state index in [2.05, 4.69) is 9.98 Å². The summed E-state index contributed by atoms with van der Waals surface area (Å²) in [5.74, 6) is -0.123. The third-order valence-corrected chi connectivity index (χ3v) is 5.83. The molecule has 0 aliphatic carbocycles. The minimum Gasteiger partial charge on any atom is -0.321 e. The van der Waals surface area contributed by atoms with Gasteiger partial charge in [0, 0.05) is 17.6 Å². The second kappa shape index (κ2) is 6.08. The molecule has 9 heteroatoms. The smallest absolute Gasteiger partial charge is 0.321 e. The van der Waals surface area contributed by atoms with E-state index in [1.807, 2.05) is 0 Å². The molecule has 2 aromatic rings. The van der Waals surface area contributed by atoms with Crippen LogP contribution in [0.25, 0.3) is 0 Å². The van der Waals surface area contributed by atoms with Gasteiger partial charge in [0.1, 0.15) is 5.69 Å². The molecule has 0 spiro atoms. The minimum absolute atomic E-state index is 0.123. The van der Waals surface area contributed by atoms with Crippen LogP contribution >= 0.6 is 0 Å². The van der Waals surface area contributed by atoms with Crippen molar-refractivity contribution in [2.24, 2.45) is 4.99 Å². The lowest BCUT2D eigenvalue weighted by atomic mass is 10.2. The molecule has 1 atom stereocenters. The summed E-state index contributed by atoms with van der Waals surface area (Å²) in [6, 6.07) is 13.1. The fourth-order valence-corrected chi connectivity index (χ4v) is 3.84. The van der Waals surface area contributed by atoms with E-state index in [9.17, 15) is 21.6 Å². The summed E-state index contributed by atoms with van der Waals surface area (Å²) in [6.07, 6.45) is -4.51. The van der Waals surface area contributed by atoms with Crippen LogP contribution in [-0.2, 0) is 9.84 Å². The van der Waals surface area contributed by atoms with Crippen molar-refractivity contribution in [2.75, 3.05) is 17.7 Å². The molecule has 3 rings (SSSR count). The number of alkyl halides is 3. The predicted molar refractivity (Wildman–Crippen MR) is 92.9 cm³/mol. The van der Waals surface area contributed by atoms with Crippen LogP contribution in [0, 0.1) is 6.92 Å². The topological polar surface area (TPSA) is 62.6 Å². The Bertz CT molecular complexity index is 959. The van der Waals surface area contributed by atoms with Crippen molar-refractivity contribution in [1.29, 1.82) is 0 Å². The molecule has 26 heavy (non-hydrogen) atoms. The number of rotatable bonds is 3. The fraction of sp³-hybridized carbons (Fsp3) is 0.294. The molecule has 1 aliphatic heterocycles. The molecule has 0 fully saturated rings. The number of aromatic nitrogens is 1. The van der Waals surface area contributed by atoms with Gasteiger partial charge in [0.15, 0.2) is 15.7 Å². The summed E-state index contributed by atoms with van der Waals surface area (Å²) in [7, 11) is -4.60. The van der Waals surface area contributed by atoms with Crippen LogP contribution < -0.4 is 4.90 Å². The van der Waals surface area contributed by atoms with Crippen LogP contribution in [0.1, 0.15) is 11.4 Å². The van der Waals surface area contributed by atoms with Gasteiger partial charge in [-0.15, -0.1) is 0 Å². The molecule has 0 saturated heterocycles. The predicted octanol–water partition coefficient (Wildman–Crippen LogP) is 2.96. The standard InChI is InChI=1S/C17H16F3N3O2S/c1-12-7-6-10-14(21-12)15-22-16(17(18,19)20,26(2,24)25)11-23(15)13-8-4-3-5-9-13/h3-10H,11H2,1-2H3/t16-/m0/s1. The number of aliphatic imine (C=N–C) groups is 1. The highest BCUT2D eigenvalue weighted by Crippen LogP contribution is 2.43. The van der Waals surface area contributed by atoms with Crippen molar-refractivity contribution in [3.8, 4) is 0 Å². The van der Waals surface area contributed by atoms with E-state index in [1.165, 1.54) is 11.0 Å². The van der Waals surface area contributed by atoms with Crippen LogP contribution in [0.4, 0.5) is 18.9 Å². The largest absolute Gasteiger partial charge is 0.429 e. The van der Waals surface area contributed by atoms with E-state index in [0.717, 1.165) is 0 Å². The first kappa shape index (κ1) is 18.4. The Morgan fingerprint density at radius 1 is 1.08 bits per heavy atom. The van der Waals surface area contributed by atoms with Crippen LogP contribution in [-0.4, -0.2) is 43.1 Å². The molecule has 0 amide bonds. The monoisotopic (exact) mass is 383 g/mol. The normalized spacial score (nSPS) is 21.0. The van der Waals surface area contributed by atoms with E-state index in [-0.39, 0.29) is 11.5 Å². The van der Waals surface area contributed by atoms with Crippen LogP contribution in [0.3, 0.4) is 0 Å². The number of nitrogens with zero attached hydrogens (tertiary/aromatic N) is 3. The van der Waals surface area contributed by atoms with E-state index in [4.69, 9.17) is 0 Å². The lowest BCUT2D eigenvalue weighted by Crippen LogP contribution is -2.53. The first-order valence-corrected chi connectivity index (χ1v) is 9.57. The van der Waals surface area contributed by atoms with Gasteiger partial charge in [-0.1, -0.05) is 24.3 Å². The lowest BCUT2D eigenvalue weighted by molar-refractivity contribution is -0.155. The molecule has 1 aromatic carbocycles. The maximum atomic E-state index is 13.8. The first-order chi connectivity index (χ1) is 12.1. The second-order valence-electron chi connectivity index (χ2n) is 6.08. The molecule has 0 unspecified atom stereocenters. The number of pyridine rings is 1. The Morgan fingerprint density at radius 3 is 2.27 bits per heavy atom. The van der Waals surface area contributed by atoms with Crippen LogP contribution in [0.5, 0.6) is 0 Å². The molecule has 0 N–H and O–H groups in total. The Hall–Kier alpha value is -2.42. The number of sulfone groups is 1. The fourth-order valence-electron chi connectivity index (χ4n) is 2.80. The van der Waals surface area contributed by atoms with Gasteiger partial charge in [-0.05, 0) is 31.2 Å². The maximum Gasteiger partial charge on any atom is 0.429 e. The van der Waals surface area contributed by atoms with E-state index in [1.54, 1.807) is 49.4 Å². The van der Waals surface area contributed by atoms with Gasteiger partial charge in [-0.2, -0.15) is 13.2 Å². The third-order valence-electron chi connectivity index (χ3n) is 4.16. The number of halogens is 3. The minimum atomic E-state index is -5.07. The molecule has 5 nitrogen and oxygen atoms in total. The molecular formula is C17H16F3N3O2S. The summed E-state index contributed by atoms with van der Waals surface area (Å²) >= 11 is 0. The SMILES string of the molecule is Cc1cccc(C2=N[C@](C(F)(F)F)(S(C)(=O)=O)CN2c2ccccc2)n1. The summed E-state index contributed by atoms with van der Waals surface area (Å²) in [5, 5.41) is 0. The van der Waals surface area contributed by atoms with Crippen molar-refractivity contribution in [3.05, 3.63) is 59.9 Å². The van der Waals surface area contributed by atoms with Gasteiger partial charge in [-0.3, -0.25) is 0 Å². The summed E-state index contributed by atoms with van der Waals surface area (Å²) < 4.78 is 65.8. The molecule has 2 heterocycles. The Kier molecular flexibility index (Phi) is 4.30. The Morgan fingerprint density at radius 2 is 1.73 bits per heavy atom. The first-order valence-electron chi connectivity index (χ1n) is 7.68. The molecule has 138 valence electrons. The quantitative estimate of drug-likeness (QED) is 0.818. The molecule has 0 saturated carbocycles. The van der Waals surface area contributed by atoms with Crippen molar-refractivity contribution in [1.82, 2.24) is 4.98 Å². The third kappa shape index (κ3) is 2.96. The molecule has 1 aliphatic rings. The van der Waals surface area contributed by atoms with Gasteiger partial charge in [0.05, 0.1) is 6.54 Å². The highest BCUT2D eigenvalue weighted by atomic mass is 32.2. The van der Waals surface area contributed by atoms with E-state index in [0.29, 0.717) is 17.6 Å². The summed E-state index contributed by atoms with van der Waals surface area (Å²) in [5.41, 5.74) is 1.18. The number of hydrogen-bond donors (Lipinski definition) is 0. The van der Waals surface area contributed by atoms with Gasteiger partial charge in [-0.25, -0.2) is 18.4 Å². The van der Waals surface area contributed by atoms with Crippen LogP contribution in [0.2, 0.25) is 0 Å². The molecule has 0 bridgehead atoms. The maximum absolute atomic E-state index is 13.8. The molecular weight excluding hydrogens is 367 g/mol. The van der Waals surface area contributed by atoms with Gasteiger partial charge < -0.3 is 4.90 Å². The number of amidine groups is 1. The number of aryl methyl sites for hydroxylation is 1. The average molecular weight is 383 g/mol. The highest BCUT2D eigenvalue weighted by molar-refractivity contribution is 7.92. The van der Waals surface area contributed by atoms with Gasteiger partial charge in [0.25, 0.3) is 4.87 Å². The summed E-state index contributed by atoms with van der Waals surface area (Å²) in [6.45, 7) is 0.837. The zero-order chi connectivity index (χ0) is 19.2. The molecule has 1 aromatic heterocycles. The number of hydrogen-bond acceptors (Lipinski definition) is 5. The van der Waals surface area contributed by atoms with E-state index >= 15 is 0 Å². The lowest BCUT2D eigenvalue weighted by Gasteiger charge is -2.28. The zero-order valence-corrected chi connectivity index (χ0v) is 14.8.